The largest absolute Gasteiger partial charge is 0.469 e. The molecule has 2 amide bonds. The van der Waals surface area contributed by atoms with Gasteiger partial charge in [0.1, 0.15) is 17.9 Å². The second-order valence-corrected chi connectivity index (χ2v) is 7.50. The minimum atomic E-state index is -1.24. The molecule has 3 rings (SSSR count). The summed E-state index contributed by atoms with van der Waals surface area (Å²) in [5, 5.41) is 2.50. The van der Waals surface area contributed by atoms with Crippen molar-refractivity contribution in [3.8, 4) is 0 Å². The van der Waals surface area contributed by atoms with Crippen LogP contribution < -0.4 is 5.32 Å². The van der Waals surface area contributed by atoms with E-state index in [1.807, 2.05) is 0 Å². The molecule has 1 aliphatic rings. The maximum absolute atomic E-state index is 14.8. The molecular formula is C19H20BrFN4O5. The van der Waals surface area contributed by atoms with Crippen molar-refractivity contribution in [2.45, 2.75) is 24.9 Å². The topological polar surface area (TPSA) is 114 Å². The number of amides is 2. The highest BCUT2D eigenvalue weighted by atomic mass is 79.9. The van der Waals surface area contributed by atoms with Crippen LogP contribution >= 0.6 is 15.9 Å². The third-order valence-electron chi connectivity index (χ3n) is 4.82. The molecule has 0 unspecified atom stereocenters. The Kier molecular flexibility index (Phi) is 6.70. The molecule has 1 aliphatic heterocycles. The van der Waals surface area contributed by atoms with Gasteiger partial charge < -0.3 is 24.7 Å². The number of benzene rings is 1. The predicted molar refractivity (Wildman–Crippen MR) is 106 cm³/mol. The van der Waals surface area contributed by atoms with Crippen LogP contribution in [-0.4, -0.2) is 59.6 Å². The number of ether oxygens (including phenoxy) is 2. The summed E-state index contributed by atoms with van der Waals surface area (Å²) in [5.41, 5.74) is 1.56. The van der Waals surface area contributed by atoms with Gasteiger partial charge in [0.15, 0.2) is 0 Å². The zero-order valence-electron chi connectivity index (χ0n) is 16.3. The molecule has 2 heterocycles. The number of esters is 2. The highest BCUT2D eigenvalue weighted by Gasteiger charge is 2.37. The molecule has 0 spiro atoms. The standard InChI is InChI=1S/C19H20BrFN4O5/c1-29-15(26)8-14(18(27)30-2)24-19(28)25-6-5-13-16(23-9-22-13)17(25)11-4-3-10(20)7-12(11)21/h3-4,7,9,14,17H,5-6,8H2,1-2H3,(H,22,23)(H,24,28)/t14-,17+/m1/s1. The van der Waals surface area contributed by atoms with Crippen LogP contribution in [0.4, 0.5) is 9.18 Å². The van der Waals surface area contributed by atoms with Crippen LogP contribution in [-0.2, 0) is 25.5 Å². The van der Waals surface area contributed by atoms with Crippen LogP contribution in [0.1, 0.15) is 29.4 Å². The summed E-state index contributed by atoms with van der Waals surface area (Å²) in [6.07, 6.45) is 1.56. The molecule has 0 radical (unpaired) electrons. The Bertz CT molecular complexity index is 966. The predicted octanol–water partition coefficient (Wildman–Crippen LogP) is 2.07. The van der Waals surface area contributed by atoms with Crippen LogP contribution in [0, 0.1) is 5.82 Å². The number of rotatable bonds is 5. The summed E-state index contributed by atoms with van der Waals surface area (Å²) in [5.74, 6) is -1.99. The Morgan fingerprint density at radius 2 is 2.13 bits per heavy atom. The van der Waals surface area contributed by atoms with E-state index in [1.54, 1.807) is 12.1 Å². The van der Waals surface area contributed by atoms with E-state index >= 15 is 0 Å². The smallest absolute Gasteiger partial charge is 0.329 e. The quantitative estimate of drug-likeness (QED) is 0.630. The van der Waals surface area contributed by atoms with Gasteiger partial charge in [-0.25, -0.2) is 19.0 Å². The van der Waals surface area contributed by atoms with Gasteiger partial charge in [0.05, 0.1) is 32.7 Å². The number of hydrogen-bond acceptors (Lipinski definition) is 6. The van der Waals surface area contributed by atoms with E-state index in [4.69, 9.17) is 0 Å². The van der Waals surface area contributed by atoms with Crippen molar-refractivity contribution in [1.82, 2.24) is 20.2 Å². The molecule has 1 aromatic carbocycles. The van der Waals surface area contributed by atoms with Gasteiger partial charge in [0.2, 0.25) is 0 Å². The molecule has 160 valence electrons. The molecule has 0 saturated carbocycles. The SMILES string of the molecule is COC(=O)C[C@@H](NC(=O)N1CCc2[nH]cnc2[C@@H]1c1ccc(Br)cc1F)C(=O)OC. The summed E-state index contributed by atoms with van der Waals surface area (Å²) in [4.78, 5) is 45.4. The van der Waals surface area contributed by atoms with Gasteiger partial charge in [-0.05, 0) is 12.1 Å². The molecule has 2 atom stereocenters. The summed E-state index contributed by atoms with van der Waals surface area (Å²) in [7, 11) is 2.32. The van der Waals surface area contributed by atoms with Crippen molar-refractivity contribution in [2.24, 2.45) is 0 Å². The minimum Gasteiger partial charge on any atom is -0.469 e. The van der Waals surface area contributed by atoms with Crippen molar-refractivity contribution < 1.29 is 28.2 Å². The van der Waals surface area contributed by atoms with E-state index in [-0.39, 0.29) is 12.1 Å². The summed E-state index contributed by atoms with van der Waals surface area (Å²) < 4.78 is 24.6. The lowest BCUT2D eigenvalue weighted by molar-refractivity contribution is -0.149. The fraction of sp³-hybridized carbons (Fsp3) is 0.368. The Morgan fingerprint density at radius 1 is 1.37 bits per heavy atom. The summed E-state index contributed by atoms with van der Waals surface area (Å²) in [6, 6.07) is 1.83. The second kappa shape index (κ2) is 9.24. The average molecular weight is 483 g/mol. The lowest BCUT2D eigenvalue weighted by atomic mass is 9.95. The van der Waals surface area contributed by atoms with Crippen molar-refractivity contribution in [3.05, 3.63) is 51.8 Å². The van der Waals surface area contributed by atoms with Crippen LogP contribution in [0.2, 0.25) is 0 Å². The van der Waals surface area contributed by atoms with E-state index in [9.17, 15) is 18.8 Å². The molecule has 0 aliphatic carbocycles. The Morgan fingerprint density at radius 3 is 2.80 bits per heavy atom. The molecule has 1 aromatic heterocycles. The molecule has 2 aromatic rings. The number of carbonyl (C=O) groups excluding carboxylic acids is 3. The van der Waals surface area contributed by atoms with E-state index in [1.165, 1.54) is 24.4 Å². The number of fused-ring (bicyclic) bond motifs is 1. The fourth-order valence-electron chi connectivity index (χ4n) is 3.35. The number of H-pyrrole nitrogens is 1. The number of urea groups is 1. The van der Waals surface area contributed by atoms with Crippen LogP contribution in [0.15, 0.2) is 29.0 Å². The van der Waals surface area contributed by atoms with Crippen molar-refractivity contribution in [1.29, 1.82) is 0 Å². The Balaban J connectivity index is 1.93. The van der Waals surface area contributed by atoms with Crippen molar-refractivity contribution in [3.63, 3.8) is 0 Å². The van der Waals surface area contributed by atoms with Gasteiger partial charge >= 0.3 is 18.0 Å². The van der Waals surface area contributed by atoms with Gasteiger partial charge in [0, 0.05) is 28.7 Å². The van der Waals surface area contributed by atoms with E-state index in [0.717, 1.165) is 12.8 Å². The zero-order valence-corrected chi connectivity index (χ0v) is 17.9. The molecule has 9 nitrogen and oxygen atoms in total. The van der Waals surface area contributed by atoms with Gasteiger partial charge in [-0.15, -0.1) is 0 Å². The molecule has 11 heteroatoms. The lowest BCUT2D eigenvalue weighted by Gasteiger charge is -2.36. The Hall–Kier alpha value is -2.95. The maximum Gasteiger partial charge on any atom is 0.329 e. The molecule has 0 fully saturated rings. The number of methoxy groups -OCH3 is 2. The van der Waals surface area contributed by atoms with Crippen LogP contribution in [0.3, 0.4) is 0 Å². The number of hydrogen-bond donors (Lipinski definition) is 2. The first-order valence-corrected chi connectivity index (χ1v) is 9.83. The number of nitrogens with one attached hydrogen (secondary N) is 2. The molecule has 0 saturated heterocycles. The first-order valence-electron chi connectivity index (χ1n) is 9.04. The van der Waals surface area contributed by atoms with E-state index < -0.39 is 42.3 Å². The highest BCUT2D eigenvalue weighted by molar-refractivity contribution is 9.10. The van der Waals surface area contributed by atoms with Gasteiger partial charge in [0.25, 0.3) is 0 Å². The number of carbonyl (C=O) groups is 3. The van der Waals surface area contributed by atoms with Gasteiger partial charge in [-0.1, -0.05) is 22.0 Å². The molecule has 2 N–H and O–H groups in total. The molecule has 0 bridgehead atoms. The minimum absolute atomic E-state index is 0.243. The first-order chi connectivity index (χ1) is 14.3. The second-order valence-electron chi connectivity index (χ2n) is 6.58. The number of halogens is 2. The number of nitrogens with zero attached hydrogens (tertiary/aromatic N) is 2. The Labute approximate surface area is 180 Å². The number of imidazole rings is 1. The third kappa shape index (κ3) is 4.45. The maximum atomic E-state index is 14.8. The molecular weight excluding hydrogens is 463 g/mol. The normalized spacial score (nSPS) is 16.4. The number of aromatic nitrogens is 2. The van der Waals surface area contributed by atoms with Crippen LogP contribution in [0.5, 0.6) is 0 Å². The monoisotopic (exact) mass is 482 g/mol. The highest BCUT2D eigenvalue weighted by Crippen LogP contribution is 2.35. The lowest BCUT2D eigenvalue weighted by Crippen LogP contribution is -2.52. The van der Waals surface area contributed by atoms with E-state index in [2.05, 4.69) is 40.7 Å². The zero-order chi connectivity index (χ0) is 21.8. The van der Waals surface area contributed by atoms with Gasteiger partial charge in [-0.2, -0.15) is 0 Å². The fourth-order valence-corrected chi connectivity index (χ4v) is 3.68. The molecule has 30 heavy (non-hydrogen) atoms. The number of aromatic amines is 1. The third-order valence-corrected chi connectivity index (χ3v) is 5.32. The summed E-state index contributed by atoms with van der Waals surface area (Å²) in [6.45, 7) is 0.243. The first kappa shape index (κ1) is 21.8. The summed E-state index contributed by atoms with van der Waals surface area (Å²) >= 11 is 3.22. The van der Waals surface area contributed by atoms with Crippen molar-refractivity contribution in [2.75, 3.05) is 20.8 Å². The van der Waals surface area contributed by atoms with Crippen LogP contribution in [0.25, 0.3) is 0 Å². The van der Waals surface area contributed by atoms with Gasteiger partial charge in [-0.3, -0.25) is 4.79 Å². The average Bonchev–Trinajstić information content (AvgIpc) is 3.21. The van der Waals surface area contributed by atoms with E-state index in [0.29, 0.717) is 16.6 Å². The van der Waals surface area contributed by atoms with Crippen molar-refractivity contribution >= 4 is 33.9 Å².